The number of halogens is 1. The van der Waals surface area contributed by atoms with Gasteiger partial charge in [-0.05, 0) is 31.0 Å². The molecular formula is C16H24ClNO3. The van der Waals surface area contributed by atoms with Crippen LogP contribution in [0.2, 0.25) is 5.02 Å². The van der Waals surface area contributed by atoms with E-state index in [0.29, 0.717) is 30.8 Å². The van der Waals surface area contributed by atoms with Gasteiger partial charge in [-0.1, -0.05) is 29.8 Å². The molecule has 1 aliphatic rings. The van der Waals surface area contributed by atoms with Crippen molar-refractivity contribution in [2.75, 3.05) is 33.4 Å². The van der Waals surface area contributed by atoms with E-state index in [1.807, 2.05) is 24.3 Å². The van der Waals surface area contributed by atoms with Gasteiger partial charge >= 0.3 is 0 Å². The van der Waals surface area contributed by atoms with Crippen molar-refractivity contribution in [3.63, 3.8) is 0 Å². The van der Waals surface area contributed by atoms with Crippen LogP contribution in [0.5, 0.6) is 0 Å². The first-order valence-electron chi connectivity index (χ1n) is 7.43. The zero-order chi connectivity index (χ0) is 15.1. The fraction of sp³-hybridized carbons (Fsp3) is 0.625. The number of nitrogens with zero attached hydrogens (tertiary/aromatic N) is 1. The minimum absolute atomic E-state index is 0.321. The van der Waals surface area contributed by atoms with Gasteiger partial charge < -0.3 is 14.6 Å². The van der Waals surface area contributed by atoms with Crippen molar-refractivity contribution < 1.29 is 14.6 Å². The molecule has 0 spiro atoms. The highest BCUT2D eigenvalue weighted by molar-refractivity contribution is 6.31. The van der Waals surface area contributed by atoms with Crippen LogP contribution in [0.1, 0.15) is 18.4 Å². The molecule has 0 aliphatic carbocycles. The lowest BCUT2D eigenvalue weighted by atomic mass is 10.2. The quantitative estimate of drug-likeness (QED) is 0.800. The molecule has 118 valence electrons. The molecule has 5 heteroatoms. The number of hydrogen-bond acceptors (Lipinski definition) is 4. The molecule has 4 nitrogen and oxygen atoms in total. The van der Waals surface area contributed by atoms with Gasteiger partial charge in [-0.3, -0.25) is 4.90 Å². The maximum atomic E-state index is 10.1. The normalized spacial score (nSPS) is 20.8. The average Bonchev–Trinajstić information content (AvgIpc) is 2.89. The highest BCUT2D eigenvalue weighted by Gasteiger charge is 2.26. The van der Waals surface area contributed by atoms with Crippen LogP contribution in [0.15, 0.2) is 24.3 Å². The lowest BCUT2D eigenvalue weighted by molar-refractivity contribution is 0.00183. The van der Waals surface area contributed by atoms with Gasteiger partial charge in [-0.15, -0.1) is 0 Å². The molecule has 0 bridgehead atoms. The Morgan fingerprint density at radius 3 is 3.00 bits per heavy atom. The Morgan fingerprint density at radius 2 is 2.24 bits per heavy atom. The van der Waals surface area contributed by atoms with E-state index < -0.39 is 6.10 Å². The molecule has 1 fully saturated rings. The van der Waals surface area contributed by atoms with Crippen LogP contribution in [0.3, 0.4) is 0 Å². The van der Waals surface area contributed by atoms with Crippen LogP contribution in [0.25, 0.3) is 0 Å². The monoisotopic (exact) mass is 313 g/mol. The topological polar surface area (TPSA) is 41.9 Å². The van der Waals surface area contributed by atoms with Crippen molar-refractivity contribution in [2.24, 2.45) is 0 Å². The summed E-state index contributed by atoms with van der Waals surface area (Å²) in [7, 11) is 1.72. The van der Waals surface area contributed by atoms with E-state index in [1.165, 1.54) is 6.42 Å². The van der Waals surface area contributed by atoms with E-state index in [4.69, 9.17) is 21.1 Å². The number of aliphatic hydroxyl groups excluding tert-OH is 1. The summed E-state index contributed by atoms with van der Waals surface area (Å²) in [5.41, 5.74) is 0.949. The molecule has 2 unspecified atom stereocenters. The predicted molar refractivity (Wildman–Crippen MR) is 83.6 cm³/mol. The van der Waals surface area contributed by atoms with Gasteiger partial charge in [0.2, 0.25) is 0 Å². The van der Waals surface area contributed by atoms with Crippen LogP contribution in [0.4, 0.5) is 0 Å². The van der Waals surface area contributed by atoms with Crippen molar-refractivity contribution in [3.8, 4) is 0 Å². The average molecular weight is 314 g/mol. The smallest absolute Gasteiger partial charge is 0.0900 e. The molecule has 1 heterocycles. The van der Waals surface area contributed by atoms with E-state index >= 15 is 0 Å². The van der Waals surface area contributed by atoms with Crippen molar-refractivity contribution in [3.05, 3.63) is 34.9 Å². The van der Waals surface area contributed by atoms with E-state index in [2.05, 4.69) is 4.90 Å². The van der Waals surface area contributed by atoms with Gasteiger partial charge in [0.1, 0.15) is 0 Å². The minimum atomic E-state index is -0.482. The number of likely N-dealkylation sites (tertiary alicyclic amines) is 1. The lowest BCUT2D eigenvalue weighted by Gasteiger charge is -2.26. The van der Waals surface area contributed by atoms with E-state index in [1.54, 1.807) is 7.11 Å². The molecule has 0 saturated carbocycles. The summed E-state index contributed by atoms with van der Waals surface area (Å²) in [5.74, 6) is 0. The zero-order valence-corrected chi connectivity index (χ0v) is 13.3. The van der Waals surface area contributed by atoms with Gasteiger partial charge in [0, 0.05) is 24.7 Å². The van der Waals surface area contributed by atoms with Crippen molar-refractivity contribution in [2.45, 2.75) is 31.6 Å². The molecule has 21 heavy (non-hydrogen) atoms. The molecule has 0 amide bonds. The zero-order valence-electron chi connectivity index (χ0n) is 12.5. The highest BCUT2D eigenvalue weighted by Crippen LogP contribution is 2.18. The molecule has 1 aliphatic heterocycles. The van der Waals surface area contributed by atoms with Crippen molar-refractivity contribution >= 4 is 11.6 Å². The predicted octanol–water partition coefficient (Wildman–Crippen LogP) is 2.33. The summed E-state index contributed by atoms with van der Waals surface area (Å²) >= 11 is 6.07. The largest absolute Gasteiger partial charge is 0.389 e. The second kappa shape index (κ2) is 8.71. The van der Waals surface area contributed by atoms with Crippen molar-refractivity contribution in [1.82, 2.24) is 4.90 Å². The summed E-state index contributed by atoms with van der Waals surface area (Å²) in [6.45, 7) is 3.14. The summed E-state index contributed by atoms with van der Waals surface area (Å²) in [5, 5.41) is 10.8. The maximum absolute atomic E-state index is 10.1. The summed E-state index contributed by atoms with van der Waals surface area (Å²) in [4.78, 5) is 2.28. The van der Waals surface area contributed by atoms with Crippen LogP contribution in [-0.2, 0) is 16.1 Å². The van der Waals surface area contributed by atoms with Crippen LogP contribution >= 0.6 is 11.6 Å². The molecule has 1 aromatic rings. The lowest BCUT2D eigenvalue weighted by Crippen LogP contribution is -2.40. The van der Waals surface area contributed by atoms with Gasteiger partial charge in [-0.2, -0.15) is 0 Å². The van der Waals surface area contributed by atoms with Gasteiger partial charge in [0.15, 0.2) is 0 Å². The summed E-state index contributed by atoms with van der Waals surface area (Å²) in [6, 6.07) is 8.03. The number of rotatable bonds is 8. The Hall–Kier alpha value is -0.650. The first kappa shape index (κ1) is 16.7. The van der Waals surface area contributed by atoms with Crippen LogP contribution in [-0.4, -0.2) is 55.6 Å². The van der Waals surface area contributed by atoms with Gasteiger partial charge in [0.25, 0.3) is 0 Å². The Balaban J connectivity index is 1.70. The third-order valence-corrected chi connectivity index (χ3v) is 4.20. The molecule has 1 N–H and O–H groups in total. The Labute approximate surface area is 131 Å². The van der Waals surface area contributed by atoms with E-state index in [-0.39, 0.29) is 0 Å². The Kier molecular flexibility index (Phi) is 6.93. The SMILES string of the molecule is COCC1CCCN1CC(O)COCc1ccccc1Cl. The fourth-order valence-electron chi connectivity index (χ4n) is 2.76. The van der Waals surface area contributed by atoms with Crippen LogP contribution < -0.4 is 0 Å². The van der Waals surface area contributed by atoms with Gasteiger partial charge in [-0.25, -0.2) is 0 Å². The van der Waals surface area contributed by atoms with Gasteiger partial charge in [0.05, 0.1) is 25.9 Å². The maximum Gasteiger partial charge on any atom is 0.0900 e. The molecule has 2 atom stereocenters. The van der Waals surface area contributed by atoms with Crippen LogP contribution in [0, 0.1) is 0 Å². The standard InChI is InChI=1S/C16H24ClNO3/c1-20-11-14-6-4-8-18(14)9-15(19)12-21-10-13-5-2-3-7-16(13)17/h2-3,5,7,14-15,19H,4,6,8-12H2,1H3. The first-order chi connectivity index (χ1) is 10.2. The molecule has 1 aromatic carbocycles. The third kappa shape index (κ3) is 5.24. The van der Waals surface area contributed by atoms with Crippen molar-refractivity contribution in [1.29, 1.82) is 0 Å². The first-order valence-corrected chi connectivity index (χ1v) is 7.80. The molecule has 2 rings (SSSR count). The molecule has 0 aromatic heterocycles. The Bertz CT molecular complexity index is 430. The number of ether oxygens (including phenoxy) is 2. The highest BCUT2D eigenvalue weighted by atomic mass is 35.5. The fourth-order valence-corrected chi connectivity index (χ4v) is 2.95. The molecule has 0 radical (unpaired) electrons. The number of β-amino-alcohol motifs (C(OH)–C–C–N with tert-alkyl or cyclic N) is 1. The van der Waals surface area contributed by atoms with E-state index in [0.717, 1.165) is 25.1 Å². The van der Waals surface area contributed by atoms with E-state index in [9.17, 15) is 5.11 Å². The molecule has 1 saturated heterocycles. The number of benzene rings is 1. The number of aliphatic hydroxyl groups is 1. The number of methoxy groups -OCH3 is 1. The summed E-state index contributed by atoms with van der Waals surface area (Å²) in [6.07, 6.45) is 1.83. The summed E-state index contributed by atoms with van der Waals surface area (Å²) < 4.78 is 10.8. The third-order valence-electron chi connectivity index (χ3n) is 3.83. The second-order valence-corrected chi connectivity index (χ2v) is 5.91. The Morgan fingerprint density at radius 1 is 1.43 bits per heavy atom. The number of hydrogen-bond donors (Lipinski definition) is 1. The molecular weight excluding hydrogens is 290 g/mol. The minimum Gasteiger partial charge on any atom is -0.389 e. The second-order valence-electron chi connectivity index (χ2n) is 5.51.